The third-order valence-corrected chi connectivity index (χ3v) is 3.85. The summed E-state index contributed by atoms with van der Waals surface area (Å²) < 4.78 is 0. The van der Waals surface area contributed by atoms with Gasteiger partial charge < -0.3 is 16.0 Å². The molecule has 0 saturated carbocycles. The van der Waals surface area contributed by atoms with Crippen molar-refractivity contribution in [2.24, 2.45) is 5.92 Å². The topological polar surface area (TPSA) is 70.2 Å². The summed E-state index contributed by atoms with van der Waals surface area (Å²) >= 11 is 5.97. The molecule has 1 aliphatic rings. The Labute approximate surface area is 123 Å². The van der Waals surface area contributed by atoms with Crippen LogP contribution < -0.4 is 16.0 Å². The molecule has 1 aromatic rings. The van der Waals surface area contributed by atoms with Crippen molar-refractivity contribution >= 4 is 29.1 Å². The lowest BCUT2D eigenvalue weighted by Crippen LogP contribution is -2.39. The normalized spacial score (nSPS) is 21.6. The van der Waals surface area contributed by atoms with Gasteiger partial charge in [0.25, 0.3) is 5.91 Å². The summed E-state index contributed by atoms with van der Waals surface area (Å²) in [5, 5.41) is 8.86. The molecular formula is C14H18ClN3O2. The van der Waals surface area contributed by atoms with Crippen LogP contribution in [0.4, 0.5) is 5.69 Å². The molecule has 108 valence electrons. The minimum absolute atomic E-state index is 0.0832. The minimum atomic E-state index is -0.279. The standard InChI is InChI=1S/C14H18ClN3O2/c1-8-5-6-17-12(8)14(20)18-9-3-4-11(15)10(7-9)13(19)16-2/h3-4,7-8,12,17H,5-6H2,1-2H3,(H,16,19)(H,18,20). The Morgan fingerprint density at radius 2 is 2.15 bits per heavy atom. The molecule has 1 saturated heterocycles. The van der Waals surface area contributed by atoms with Crippen molar-refractivity contribution < 1.29 is 9.59 Å². The van der Waals surface area contributed by atoms with E-state index in [2.05, 4.69) is 16.0 Å². The van der Waals surface area contributed by atoms with Crippen molar-refractivity contribution in [3.8, 4) is 0 Å². The van der Waals surface area contributed by atoms with E-state index in [-0.39, 0.29) is 17.9 Å². The molecular weight excluding hydrogens is 278 g/mol. The average molecular weight is 296 g/mol. The molecule has 3 N–H and O–H groups in total. The Hall–Kier alpha value is -1.59. The van der Waals surface area contributed by atoms with Crippen molar-refractivity contribution in [3.63, 3.8) is 0 Å². The summed E-state index contributed by atoms with van der Waals surface area (Å²) in [5.74, 6) is -0.0562. The van der Waals surface area contributed by atoms with Gasteiger partial charge >= 0.3 is 0 Å². The molecule has 2 unspecified atom stereocenters. The van der Waals surface area contributed by atoms with Crippen LogP contribution in [0.15, 0.2) is 18.2 Å². The van der Waals surface area contributed by atoms with Gasteiger partial charge in [-0.05, 0) is 37.1 Å². The third-order valence-electron chi connectivity index (χ3n) is 3.52. The van der Waals surface area contributed by atoms with Crippen molar-refractivity contribution in [3.05, 3.63) is 28.8 Å². The van der Waals surface area contributed by atoms with Crippen LogP contribution in [0.25, 0.3) is 0 Å². The number of rotatable bonds is 3. The summed E-state index contributed by atoms with van der Waals surface area (Å²) in [7, 11) is 1.54. The van der Waals surface area contributed by atoms with Gasteiger partial charge in [0, 0.05) is 12.7 Å². The summed E-state index contributed by atoms with van der Waals surface area (Å²) in [5.41, 5.74) is 0.915. The van der Waals surface area contributed by atoms with Gasteiger partial charge in [0.1, 0.15) is 0 Å². The van der Waals surface area contributed by atoms with Crippen molar-refractivity contribution in [2.75, 3.05) is 18.9 Å². The van der Waals surface area contributed by atoms with Crippen LogP contribution in [0, 0.1) is 5.92 Å². The number of nitrogens with one attached hydrogen (secondary N) is 3. The minimum Gasteiger partial charge on any atom is -0.355 e. The van der Waals surface area contributed by atoms with Crippen LogP contribution in [0.5, 0.6) is 0 Å². The molecule has 5 nitrogen and oxygen atoms in total. The summed E-state index contributed by atoms with van der Waals surface area (Å²) in [6.07, 6.45) is 0.988. The predicted octanol–water partition coefficient (Wildman–Crippen LogP) is 1.64. The summed E-state index contributed by atoms with van der Waals surface area (Å²) in [6, 6.07) is 4.69. The van der Waals surface area contributed by atoms with Crippen LogP contribution in [0.3, 0.4) is 0 Å². The zero-order valence-corrected chi connectivity index (χ0v) is 12.3. The number of anilines is 1. The molecule has 0 radical (unpaired) electrons. The molecule has 0 spiro atoms. The van der Waals surface area contributed by atoms with E-state index < -0.39 is 0 Å². The van der Waals surface area contributed by atoms with Crippen LogP contribution in [0.1, 0.15) is 23.7 Å². The number of carbonyl (C=O) groups is 2. The molecule has 20 heavy (non-hydrogen) atoms. The molecule has 0 aliphatic carbocycles. The molecule has 1 fully saturated rings. The van der Waals surface area contributed by atoms with Gasteiger partial charge in [0.15, 0.2) is 0 Å². The highest BCUT2D eigenvalue weighted by molar-refractivity contribution is 6.34. The Bertz CT molecular complexity index is 533. The van der Waals surface area contributed by atoms with Crippen LogP contribution in [-0.4, -0.2) is 31.4 Å². The fourth-order valence-corrected chi connectivity index (χ4v) is 2.52. The number of benzene rings is 1. The smallest absolute Gasteiger partial charge is 0.252 e. The van der Waals surface area contributed by atoms with Gasteiger partial charge in [0.2, 0.25) is 5.91 Å². The van der Waals surface area contributed by atoms with Crippen molar-refractivity contribution in [1.29, 1.82) is 0 Å². The van der Waals surface area contributed by atoms with Crippen LogP contribution in [-0.2, 0) is 4.79 Å². The molecule has 1 aromatic carbocycles. The van der Waals surface area contributed by atoms with E-state index in [1.165, 1.54) is 7.05 Å². The third kappa shape index (κ3) is 3.11. The molecule has 1 aliphatic heterocycles. The van der Waals surface area contributed by atoms with E-state index in [9.17, 15) is 9.59 Å². The largest absolute Gasteiger partial charge is 0.355 e. The van der Waals surface area contributed by atoms with E-state index in [1.807, 2.05) is 6.92 Å². The lowest BCUT2D eigenvalue weighted by Gasteiger charge is -2.16. The zero-order chi connectivity index (χ0) is 14.7. The van der Waals surface area contributed by atoms with Gasteiger partial charge in [-0.3, -0.25) is 9.59 Å². The van der Waals surface area contributed by atoms with E-state index in [1.54, 1.807) is 18.2 Å². The SMILES string of the molecule is CNC(=O)c1cc(NC(=O)C2NCCC2C)ccc1Cl. The van der Waals surface area contributed by atoms with Crippen molar-refractivity contribution in [1.82, 2.24) is 10.6 Å². The van der Waals surface area contributed by atoms with E-state index >= 15 is 0 Å². The van der Waals surface area contributed by atoms with E-state index in [4.69, 9.17) is 11.6 Å². The van der Waals surface area contributed by atoms with Gasteiger partial charge in [-0.25, -0.2) is 0 Å². The van der Waals surface area contributed by atoms with E-state index in [0.717, 1.165) is 13.0 Å². The Morgan fingerprint density at radius 1 is 1.40 bits per heavy atom. The first kappa shape index (κ1) is 14.8. The fraction of sp³-hybridized carbons (Fsp3) is 0.429. The Kier molecular flexibility index (Phi) is 4.62. The number of halogens is 1. The molecule has 2 atom stereocenters. The first-order chi connectivity index (χ1) is 9.52. The highest BCUT2D eigenvalue weighted by Crippen LogP contribution is 2.22. The Morgan fingerprint density at radius 3 is 2.75 bits per heavy atom. The van der Waals surface area contributed by atoms with Gasteiger partial charge in [-0.15, -0.1) is 0 Å². The molecule has 2 amide bonds. The summed E-state index contributed by atoms with van der Waals surface area (Å²) in [6.45, 7) is 2.89. The van der Waals surface area contributed by atoms with Crippen LogP contribution >= 0.6 is 11.6 Å². The first-order valence-electron chi connectivity index (χ1n) is 6.59. The van der Waals surface area contributed by atoms with Crippen molar-refractivity contribution in [2.45, 2.75) is 19.4 Å². The lowest BCUT2D eigenvalue weighted by molar-refractivity contribution is -0.118. The lowest BCUT2D eigenvalue weighted by atomic mass is 10.0. The fourth-order valence-electron chi connectivity index (χ4n) is 2.32. The number of carbonyl (C=O) groups excluding carboxylic acids is 2. The highest BCUT2D eigenvalue weighted by atomic mass is 35.5. The van der Waals surface area contributed by atoms with Gasteiger partial charge in [-0.1, -0.05) is 18.5 Å². The molecule has 1 heterocycles. The highest BCUT2D eigenvalue weighted by Gasteiger charge is 2.29. The molecule has 0 bridgehead atoms. The maximum absolute atomic E-state index is 12.2. The van der Waals surface area contributed by atoms with Gasteiger partial charge in [-0.2, -0.15) is 0 Å². The van der Waals surface area contributed by atoms with Gasteiger partial charge in [0.05, 0.1) is 16.6 Å². The molecule has 0 aromatic heterocycles. The average Bonchev–Trinajstić information content (AvgIpc) is 2.86. The van der Waals surface area contributed by atoms with Crippen LogP contribution in [0.2, 0.25) is 5.02 Å². The number of hydrogen-bond donors (Lipinski definition) is 3. The maximum Gasteiger partial charge on any atom is 0.252 e. The monoisotopic (exact) mass is 295 g/mol. The van der Waals surface area contributed by atoms with E-state index in [0.29, 0.717) is 22.2 Å². The second-order valence-corrected chi connectivity index (χ2v) is 5.37. The second-order valence-electron chi connectivity index (χ2n) is 4.96. The maximum atomic E-state index is 12.2. The number of amides is 2. The zero-order valence-electron chi connectivity index (χ0n) is 11.5. The quantitative estimate of drug-likeness (QED) is 0.794. The number of hydrogen-bond acceptors (Lipinski definition) is 3. The Balaban J connectivity index is 2.13. The predicted molar refractivity (Wildman–Crippen MR) is 79.0 cm³/mol. The molecule has 2 rings (SSSR count). The summed E-state index contributed by atoms with van der Waals surface area (Å²) in [4.78, 5) is 23.8. The second kappa shape index (κ2) is 6.24. The first-order valence-corrected chi connectivity index (χ1v) is 6.96. The molecule has 6 heteroatoms.